The highest BCUT2D eigenvalue weighted by Crippen LogP contribution is 2.47. The molecule has 3 heteroatoms. The molecule has 2 heterocycles. The molecule has 2 fully saturated rings. The molecule has 3 nitrogen and oxygen atoms in total. The summed E-state index contributed by atoms with van der Waals surface area (Å²) in [7, 11) is 2.05. The summed E-state index contributed by atoms with van der Waals surface area (Å²) in [6.45, 7) is 6.85. The smallest absolute Gasteiger partial charge is 0.118 e. The Kier molecular flexibility index (Phi) is 3.94. The van der Waals surface area contributed by atoms with E-state index in [2.05, 4.69) is 36.3 Å². The van der Waals surface area contributed by atoms with E-state index in [0.717, 1.165) is 30.7 Å². The van der Waals surface area contributed by atoms with Crippen LogP contribution in [0.25, 0.3) is 0 Å². The second-order valence-corrected chi connectivity index (χ2v) is 6.42. The molecule has 3 unspecified atom stereocenters. The maximum absolute atomic E-state index is 6.02. The zero-order valence-electron chi connectivity index (χ0n) is 12.2. The molecule has 3 atom stereocenters. The van der Waals surface area contributed by atoms with E-state index in [4.69, 9.17) is 4.42 Å². The first-order valence-electron chi connectivity index (χ1n) is 7.72. The first-order chi connectivity index (χ1) is 9.26. The van der Waals surface area contributed by atoms with Crippen LogP contribution < -0.4 is 5.32 Å². The SMILES string of the molecule is CNCC1CCCN(Cc2ccc(C3CC3C)o2)C1. The van der Waals surface area contributed by atoms with Crippen LogP contribution in [0.5, 0.6) is 0 Å². The number of piperidine rings is 1. The van der Waals surface area contributed by atoms with E-state index >= 15 is 0 Å². The maximum atomic E-state index is 6.02. The average molecular weight is 262 g/mol. The molecule has 1 aliphatic carbocycles. The molecular weight excluding hydrogens is 236 g/mol. The van der Waals surface area contributed by atoms with Crippen molar-refractivity contribution >= 4 is 0 Å². The largest absolute Gasteiger partial charge is 0.464 e. The molecule has 0 aromatic carbocycles. The van der Waals surface area contributed by atoms with Crippen molar-refractivity contribution in [3.05, 3.63) is 23.7 Å². The van der Waals surface area contributed by atoms with Gasteiger partial charge in [-0.1, -0.05) is 6.92 Å². The van der Waals surface area contributed by atoms with E-state index in [1.54, 1.807) is 0 Å². The van der Waals surface area contributed by atoms with Crippen LogP contribution in [0.4, 0.5) is 0 Å². The number of furan rings is 1. The maximum Gasteiger partial charge on any atom is 0.118 e. The minimum absolute atomic E-state index is 0.701. The van der Waals surface area contributed by atoms with E-state index < -0.39 is 0 Å². The molecule has 1 aromatic heterocycles. The second kappa shape index (κ2) is 5.68. The van der Waals surface area contributed by atoms with Crippen molar-refractivity contribution in [1.82, 2.24) is 10.2 Å². The van der Waals surface area contributed by atoms with Crippen LogP contribution in [0.2, 0.25) is 0 Å². The number of nitrogens with one attached hydrogen (secondary N) is 1. The van der Waals surface area contributed by atoms with Gasteiger partial charge in [0, 0.05) is 12.5 Å². The van der Waals surface area contributed by atoms with Crippen LogP contribution in [0.3, 0.4) is 0 Å². The van der Waals surface area contributed by atoms with Gasteiger partial charge in [-0.3, -0.25) is 4.90 Å². The van der Waals surface area contributed by atoms with E-state index in [9.17, 15) is 0 Å². The quantitative estimate of drug-likeness (QED) is 0.884. The number of rotatable bonds is 5. The van der Waals surface area contributed by atoms with Crippen molar-refractivity contribution in [2.45, 2.75) is 38.6 Å². The molecule has 1 saturated heterocycles. The second-order valence-electron chi connectivity index (χ2n) is 6.42. The van der Waals surface area contributed by atoms with Crippen molar-refractivity contribution in [2.24, 2.45) is 11.8 Å². The van der Waals surface area contributed by atoms with Crippen LogP contribution in [-0.4, -0.2) is 31.6 Å². The van der Waals surface area contributed by atoms with Gasteiger partial charge in [-0.25, -0.2) is 0 Å². The fourth-order valence-electron chi connectivity index (χ4n) is 3.37. The first kappa shape index (κ1) is 13.2. The van der Waals surface area contributed by atoms with Gasteiger partial charge in [0.2, 0.25) is 0 Å². The van der Waals surface area contributed by atoms with E-state index in [1.165, 1.54) is 38.1 Å². The van der Waals surface area contributed by atoms with Gasteiger partial charge >= 0.3 is 0 Å². The lowest BCUT2D eigenvalue weighted by atomic mass is 9.98. The summed E-state index contributed by atoms with van der Waals surface area (Å²) in [4.78, 5) is 2.55. The topological polar surface area (TPSA) is 28.4 Å². The monoisotopic (exact) mass is 262 g/mol. The molecule has 1 aliphatic heterocycles. The Morgan fingerprint density at radius 1 is 1.42 bits per heavy atom. The molecule has 1 aromatic rings. The molecule has 1 saturated carbocycles. The standard InChI is InChI=1S/C16H26N2O/c1-12-8-15(12)16-6-5-14(19-16)11-18-7-3-4-13(10-18)9-17-2/h5-6,12-13,15,17H,3-4,7-11H2,1-2H3. The fraction of sp³-hybridized carbons (Fsp3) is 0.750. The highest BCUT2D eigenvalue weighted by molar-refractivity contribution is 5.17. The van der Waals surface area contributed by atoms with Crippen molar-refractivity contribution in [3.8, 4) is 0 Å². The van der Waals surface area contributed by atoms with Gasteiger partial charge in [0.1, 0.15) is 11.5 Å². The zero-order chi connectivity index (χ0) is 13.2. The lowest BCUT2D eigenvalue weighted by Crippen LogP contribution is -2.38. The van der Waals surface area contributed by atoms with E-state index in [0.29, 0.717) is 5.92 Å². The highest BCUT2D eigenvalue weighted by atomic mass is 16.3. The van der Waals surface area contributed by atoms with Gasteiger partial charge in [-0.15, -0.1) is 0 Å². The summed E-state index contributed by atoms with van der Waals surface area (Å²) in [6.07, 6.45) is 3.99. The van der Waals surface area contributed by atoms with Crippen molar-refractivity contribution < 1.29 is 4.42 Å². The number of hydrogen-bond acceptors (Lipinski definition) is 3. The predicted molar refractivity (Wildman–Crippen MR) is 77.2 cm³/mol. The fourth-order valence-corrected chi connectivity index (χ4v) is 3.37. The van der Waals surface area contributed by atoms with Crippen LogP contribution in [0.15, 0.2) is 16.5 Å². The van der Waals surface area contributed by atoms with Gasteiger partial charge in [-0.2, -0.15) is 0 Å². The number of nitrogens with zero attached hydrogens (tertiary/aromatic N) is 1. The zero-order valence-corrected chi connectivity index (χ0v) is 12.2. The van der Waals surface area contributed by atoms with Gasteiger partial charge in [0.15, 0.2) is 0 Å². The minimum atomic E-state index is 0.701. The Hall–Kier alpha value is -0.800. The number of hydrogen-bond donors (Lipinski definition) is 1. The Morgan fingerprint density at radius 3 is 3.00 bits per heavy atom. The van der Waals surface area contributed by atoms with Gasteiger partial charge in [0.05, 0.1) is 6.54 Å². The average Bonchev–Trinajstić information content (AvgIpc) is 2.95. The summed E-state index contributed by atoms with van der Waals surface area (Å²) in [5, 5.41) is 3.30. The summed E-state index contributed by atoms with van der Waals surface area (Å²) < 4.78 is 6.02. The molecule has 106 valence electrons. The van der Waals surface area contributed by atoms with E-state index in [-0.39, 0.29) is 0 Å². The van der Waals surface area contributed by atoms with Crippen LogP contribution in [-0.2, 0) is 6.54 Å². The molecule has 0 radical (unpaired) electrons. The third-order valence-electron chi connectivity index (χ3n) is 4.63. The molecular formula is C16H26N2O. The lowest BCUT2D eigenvalue weighted by molar-refractivity contribution is 0.156. The van der Waals surface area contributed by atoms with Crippen molar-refractivity contribution in [3.63, 3.8) is 0 Å². The molecule has 0 amide bonds. The Balaban J connectivity index is 1.54. The summed E-state index contributed by atoms with van der Waals surface area (Å²) in [6, 6.07) is 4.38. The van der Waals surface area contributed by atoms with E-state index in [1.807, 2.05) is 0 Å². The Labute approximate surface area is 116 Å². The molecule has 19 heavy (non-hydrogen) atoms. The highest BCUT2D eigenvalue weighted by Gasteiger charge is 2.36. The van der Waals surface area contributed by atoms with Crippen molar-refractivity contribution in [1.29, 1.82) is 0 Å². The molecule has 3 rings (SSSR count). The number of likely N-dealkylation sites (tertiary alicyclic amines) is 1. The Bertz CT molecular complexity index is 413. The summed E-state index contributed by atoms with van der Waals surface area (Å²) in [5.41, 5.74) is 0. The van der Waals surface area contributed by atoms with Crippen LogP contribution in [0.1, 0.15) is 43.6 Å². The minimum Gasteiger partial charge on any atom is -0.464 e. The Morgan fingerprint density at radius 2 is 2.26 bits per heavy atom. The lowest BCUT2D eigenvalue weighted by Gasteiger charge is -2.32. The van der Waals surface area contributed by atoms with Crippen LogP contribution >= 0.6 is 0 Å². The first-order valence-corrected chi connectivity index (χ1v) is 7.72. The van der Waals surface area contributed by atoms with Gasteiger partial charge < -0.3 is 9.73 Å². The van der Waals surface area contributed by atoms with Crippen molar-refractivity contribution in [2.75, 3.05) is 26.7 Å². The van der Waals surface area contributed by atoms with Crippen LogP contribution in [0, 0.1) is 11.8 Å². The molecule has 2 aliphatic rings. The molecule has 0 bridgehead atoms. The predicted octanol–water partition coefficient (Wildman–Crippen LogP) is 2.83. The molecule has 1 N–H and O–H groups in total. The van der Waals surface area contributed by atoms with Gasteiger partial charge in [0.25, 0.3) is 0 Å². The summed E-state index contributed by atoms with van der Waals surface area (Å²) >= 11 is 0. The van der Waals surface area contributed by atoms with Gasteiger partial charge in [-0.05, 0) is 63.4 Å². The molecule has 0 spiro atoms. The third kappa shape index (κ3) is 3.21. The normalized spacial score (nSPS) is 31.6. The summed E-state index contributed by atoms with van der Waals surface area (Å²) in [5.74, 6) is 4.70. The third-order valence-corrected chi connectivity index (χ3v) is 4.63.